The van der Waals surface area contributed by atoms with Gasteiger partial charge in [-0.25, -0.2) is 4.79 Å². The molecule has 23 heavy (non-hydrogen) atoms. The van der Waals surface area contributed by atoms with Crippen molar-refractivity contribution in [2.45, 2.75) is 44.7 Å². The first-order valence-electron chi connectivity index (χ1n) is 7.92. The predicted molar refractivity (Wildman–Crippen MR) is 98.4 cm³/mol. The average Bonchev–Trinajstić information content (AvgIpc) is 2.52. The standard InChI is InChI=1S/C19H28O3Si/c1-7-16(19(21,8-2)18(20)22-15(3)4)14-23(5,6)17-12-10-9-11-13-17/h7-13,15-16,21H,1-2,14H2,3-6H3/t16-,19-/m1/s1. The molecule has 0 saturated carbocycles. The molecule has 1 aromatic rings. The summed E-state index contributed by atoms with van der Waals surface area (Å²) in [7, 11) is -1.86. The monoisotopic (exact) mass is 332 g/mol. The Morgan fingerprint density at radius 3 is 2.30 bits per heavy atom. The van der Waals surface area contributed by atoms with Gasteiger partial charge in [-0.2, -0.15) is 0 Å². The second-order valence-corrected chi connectivity index (χ2v) is 11.5. The van der Waals surface area contributed by atoms with Gasteiger partial charge >= 0.3 is 5.97 Å². The predicted octanol–water partition coefficient (Wildman–Crippen LogP) is 3.27. The van der Waals surface area contributed by atoms with E-state index in [-0.39, 0.29) is 6.10 Å². The lowest BCUT2D eigenvalue weighted by Gasteiger charge is -2.35. The summed E-state index contributed by atoms with van der Waals surface area (Å²) in [5.41, 5.74) is -1.74. The summed E-state index contributed by atoms with van der Waals surface area (Å²) in [5, 5.41) is 12.1. The van der Waals surface area contributed by atoms with E-state index in [1.54, 1.807) is 19.9 Å². The third-order valence-corrected chi connectivity index (χ3v) is 7.47. The van der Waals surface area contributed by atoms with Crippen molar-refractivity contribution in [2.24, 2.45) is 5.92 Å². The van der Waals surface area contributed by atoms with Crippen LogP contribution in [0.1, 0.15) is 13.8 Å². The number of hydrogen-bond donors (Lipinski definition) is 1. The highest BCUT2D eigenvalue weighted by atomic mass is 28.3. The first-order valence-corrected chi connectivity index (χ1v) is 11.1. The smallest absolute Gasteiger partial charge is 0.343 e. The second kappa shape index (κ2) is 7.75. The molecule has 0 unspecified atom stereocenters. The van der Waals surface area contributed by atoms with Gasteiger partial charge in [0.15, 0.2) is 5.60 Å². The maximum atomic E-state index is 12.4. The Kier molecular flexibility index (Phi) is 6.54. The van der Waals surface area contributed by atoms with Gasteiger partial charge in [-0.1, -0.05) is 61.3 Å². The number of ether oxygens (including phenoxy) is 1. The molecule has 3 nitrogen and oxygen atoms in total. The van der Waals surface area contributed by atoms with Crippen LogP contribution in [0.5, 0.6) is 0 Å². The lowest BCUT2D eigenvalue weighted by molar-refractivity contribution is -0.167. The molecule has 1 rings (SSSR count). The Bertz CT molecular complexity index is 551. The van der Waals surface area contributed by atoms with Crippen molar-refractivity contribution in [3.05, 3.63) is 55.6 Å². The van der Waals surface area contributed by atoms with Crippen LogP contribution in [0.15, 0.2) is 55.6 Å². The van der Waals surface area contributed by atoms with E-state index in [2.05, 4.69) is 38.4 Å². The minimum atomic E-state index is -1.86. The Labute approximate surface area is 140 Å². The number of rotatable bonds is 8. The molecule has 0 saturated heterocycles. The quantitative estimate of drug-likeness (QED) is 0.451. The van der Waals surface area contributed by atoms with Crippen molar-refractivity contribution < 1.29 is 14.6 Å². The molecule has 0 aliphatic rings. The van der Waals surface area contributed by atoms with E-state index in [0.29, 0.717) is 6.04 Å². The Balaban J connectivity index is 3.08. The van der Waals surface area contributed by atoms with Gasteiger partial charge in [0.1, 0.15) is 0 Å². The van der Waals surface area contributed by atoms with Gasteiger partial charge in [0, 0.05) is 5.92 Å². The maximum absolute atomic E-state index is 12.4. The van der Waals surface area contributed by atoms with Crippen LogP contribution in [0.2, 0.25) is 19.1 Å². The number of carbonyl (C=O) groups excluding carboxylic acids is 1. The Morgan fingerprint density at radius 1 is 1.30 bits per heavy atom. The van der Waals surface area contributed by atoms with Crippen LogP contribution in [0.25, 0.3) is 0 Å². The molecular formula is C19H28O3Si. The molecule has 0 aliphatic heterocycles. The lowest BCUT2D eigenvalue weighted by atomic mass is 9.88. The summed E-state index contributed by atoms with van der Waals surface area (Å²) in [4.78, 5) is 12.4. The molecular weight excluding hydrogens is 304 g/mol. The minimum absolute atomic E-state index is 0.293. The van der Waals surface area contributed by atoms with Gasteiger partial charge in [-0.3, -0.25) is 0 Å². The zero-order valence-electron chi connectivity index (χ0n) is 14.6. The van der Waals surface area contributed by atoms with E-state index in [4.69, 9.17) is 4.74 Å². The summed E-state index contributed by atoms with van der Waals surface area (Å²) >= 11 is 0. The summed E-state index contributed by atoms with van der Waals surface area (Å²) in [6.45, 7) is 15.4. The molecule has 126 valence electrons. The highest BCUT2D eigenvalue weighted by Crippen LogP contribution is 2.30. The van der Waals surface area contributed by atoms with Crippen LogP contribution in [-0.2, 0) is 9.53 Å². The van der Waals surface area contributed by atoms with Crippen LogP contribution >= 0.6 is 0 Å². The first kappa shape index (κ1) is 19.4. The molecule has 0 aliphatic carbocycles. The average molecular weight is 333 g/mol. The van der Waals surface area contributed by atoms with E-state index >= 15 is 0 Å². The van der Waals surface area contributed by atoms with Crippen molar-refractivity contribution in [1.82, 2.24) is 0 Å². The molecule has 1 aromatic carbocycles. The molecule has 4 heteroatoms. The third-order valence-electron chi connectivity index (χ3n) is 4.12. The zero-order valence-corrected chi connectivity index (χ0v) is 15.6. The highest BCUT2D eigenvalue weighted by molar-refractivity contribution is 6.89. The van der Waals surface area contributed by atoms with Gasteiger partial charge in [-0.05, 0) is 26.0 Å². The fraction of sp³-hybridized carbons (Fsp3) is 0.421. The van der Waals surface area contributed by atoms with Crippen LogP contribution in [0.3, 0.4) is 0 Å². The largest absolute Gasteiger partial charge is 0.461 e. The van der Waals surface area contributed by atoms with Gasteiger partial charge < -0.3 is 9.84 Å². The molecule has 0 heterocycles. The fourth-order valence-electron chi connectivity index (χ4n) is 2.67. The summed E-state index contributed by atoms with van der Waals surface area (Å²) in [5.74, 6) is -1.10. The number of benzene rings is 1. The van der Waals surface area contributed by atoms with E-state index in [9.17, 15) is 9.90 Å². The van der Waals surface area contributed by atoms with Gasteiger partial charge in [0.2, 0.25) is 0 Å². The second-order valence-electron chi connectivity index (χ2n) is 6.78. The number of esters is 1. The third kappa shape index (κ3) is 4.66. The van der Waals surface area contributed by atoms with Gasteiger partial charge in [0.05, 0.1) is 14.2 Å². The van der Waals surface area contributed by atoms with Crippen molar-refractivity contribution in [1.29, 1.82) is 0 Å². The highest BCUT2D eigenvalue weighted by Gasteiger charge is 2.44. The lowest BCUT2D eigenvalue weighted by Crippen LogP contribution is -2.51. The number of carbonyl (C=O) groups is 1. The SMILES string of the molecule is C=C[C@H](C[Si](C)(C)c1ccccc1)[C@](O)(C=C)C(=O)OC(C)C. The molecule has 0 radical (unpaired) electrons. The molecule has 0 bridgehead atoms. The summed E-state index contributed by atoms with van der Waals surface area (Å²) in [6, 6.07) is 10.9. The van der Waals surface area contributed by atoms with Crippen LogP contribution in [0.4, 0.5) is 0 Å². The van der Waals surface area contributed by atoms with E-state index in [1.165, 1.54) is 11.3 Å². The minimum Gasteiger partial charge on any atom is -0.461 e. The molecule has 0 spiro atoms. The summed E-state index contributed by atoms with van der Waals surface area (Å²) < 4.78 is 5.22. The summed E-state index contributed by atoms with van der Waals surface area (Å²) in [6.07, 6.45) is 2.62. The number of aliphatic hydroxyl groups is 1. The van der Waals surface area contributed by atoms with E-state index in [0.717, 1.165) is 0 Å². The van der Waals surface area contributed by atoms with Crippen molar-refractivity contribution >= 4 is 19.2 Å². The molecule has 2 atom stereocenters. The van der Waals surface area contributed by atoms with Crippen LogP contribution < -0.4 is 5.19 Å². The zero-order chi connectivity index (χ0) is 17.7. The normalized spacial score (nSPS) is 15.6. The van der Waals surface area contributed by atoms with Crippen molar-refractivity contribution in [3.8, 4) is 0 Å². The van der Waals surface area contributed by atoms with Crippen LogP contribution in [0, 0.1) is 5.92 Å². The van der Waals surface area contributed by atoms with Gasteiger partial charge in [0.25, 0.3) is 0 Å². The van der Waals surface area contributed by atoms with Gasteiger partial charge in [-0.15, -0.1) is 6.58 Å². The maximum Gasteiger partial charge on any atom is 0.343 e. The van der Waals surface area contributed by atoms with E-state index < -0.39 is 25.6 Å². The molecule has 0 fully saturated rings. The van der Waals surface area contributed by atoms with Crippen molar-refractivity contribution in [2.75, 3.05) is 0 Å². The Hall–Kier alpha value is -1.65. The fourth-order valence-corrected chi connectivity index (χ4v) is 5.58. The Morgan fingerprint density at radius 2 is 1.87 bits per heavy atom. The van der Waals surface area contributed by atoms with E-state index in [1.807, 2.05) is 18.2 Å². The first-order chi connectivity index (χ1) is 10.7. The molecule has 1 N–H and O–H groups in total. The molecule has 0 aromatic heterocycles. The van der Waals surface area contributed by atoms with Crippen LogP contribution in [-0.4, -0.2) is 30.9 Å². The molecule has 0 amide bonds. The number of hydrogen-bond acceptors (Lipinski definition) is 3. The topological polar surface area (TPSA) is 46.5 Å². The van der Waals surface area contributed by atoms with Crippen molar-refractivity contribution in [3.63, 3.8) is 0 Å².